The van der Waals surface area contributed by atoms with Crippen molar-refractivity contribution in [3.05, 3.63) is 0 Å². The molecule has 0 radical (unpaired) electrons. The molecule has 1 aliphatic heterocycles. The van der Waals surface area contributed by atoms with Gasteiger partial charge in [0.2, 0.25) is 5.91 Å². The van der Waals surface area contributed by atoms with E-state index in [2.05, 4.69) is 17.6 Å². The van der Waals surface area contributed by atoms with E-state index in [9.17, 15) is 14.4 Å². The molecule has 1 aliphatic carbocycles. The number of nitrogens with one attached hydrogen (secondary N) is 2. The lowest BCUT2D eigenvalue weighted by Crippen LogP contribution is -2.47. The number of nitrogens with zero attached hydrogens (tertiary/aromatic N) is 1. The molecule has 0 unspecified atom stereocenters. The fraction of sp³-hybridized carbons (Fsp3) is 0.800. The van der Waals surface area contributed by atoms with Crippen molar-refractivity contribution >= 4 is 17.8 Å². The molecule has 118 valence electrons. The zero-order valence-electron chi connectivity index (χ0n) is 12.9. The Morgan fingerprint density at radius 2 is 2.05 bits per heavy atom. The highest BCUT2D eigenvalue weighted by molar-refractivity contribution is 6.06. The molecule has 0 spiro atoms. The number of rotatable bonds is 5. The Morgan fingerprint density at radius 1 is 1.33 bits per heavy atom. The van der Waals surface area contributed by atoms with Gasteiger partial charge in [-0.15, -0.1) is 0 Å². The summed E-state index contributed by atoms with van der Waals surface area (Å²) in [5, 5.41) is 5.60. The molecule has 2 N–H and O–H groups in total. The van der Waals surface area contributed by atoms with Gasteiger partial charge in [-0.05, 0) is 25.2 Å². The summed E-state index contributed by atoms with van der Waals surface area (Å²) < 4.78 is 0. The first-order valence-electron chi connectivity index (χ1n) is 7.94. The largest absolute Gasteiger partial charge is 0.352 e. The third kappa shape index (κ3) is 3.74. The maximum absolute atomic E-state index is 12.1. The first-order chi connectivity index (χ1) is 10.0. The van der Waals surface area contributed by atoms with E-state index in [-0.39, 0.29) is 24.4 Å². The molecule has 1 saturated carbocycles. The monoisotopic (exact) mass is 295 g/mol. The highest BCUT2D eigenvalue weighted by atomic mass is 16.2. The van der Waals surface area contributed by atoms with Crippen molar-refractivity contribution < 1.29 is 14.4 Å². The van der Waals surface area contributed by atoms with Crippen LogP contribution in [0.3, 0.4) is 0 Å². The molecule has 4 amide bonds. The Balaban J connectivity index is 1.87. The molecule has 2 rings (SSSR count). The number of urea groups is 1. The van der Waals surface area contributed by atoms with Crippen LogP contribution in [0.4, 0.5) is 4.79 Å². The summed E-state index contributed by atoms with van der Waals surface area (Å²) in [7, 11) is 0. The minimum atomic E-state index is -0.469. The zero-order chi connectivity index (χ0) is 15.4. The first-order valence-corrected chi connectivity index (χ1v) is 7.94. The Hall–Kier alpha value is -1.59. The highest BCUT2D eigenvalue weighted by Gasteiger charge is 2.38. The number of carbonyl (C=O) groups excluding carboxylic acids is 3. The van der Waals surface area contributed by atoms with Gasteiger partial charge in [-0.3, -0.25) is 14.5 Å². The van der Waals surface area contributed by atoms with Gasteiger partial charge in [-0.1, -0.05) is 33.1 Å². The molecule has 6 heteroatoms. The van der Waals surface area contributed by atoms with Gasteiger partial charge in [0.05, 0.1) is 0 Å². The maximum Gasteiger partial charge on any atom is 0.325 e. The van der Waals surface area contributed by atoms with Gasteiger partial charge in [-0.2, -0.15) is 0 Å². The van der Waals surface area contributed by atoms with E-state index in [0.29, 0.717) is 12.3 Å². The van der Waals surface area contributed by atoms with E-state index in [1.54, 1.807) is 0 Å². The second-order valence-corrected chi connectivity index (χ2v) is 6.15. The van der Waals surface area contributed by atoms with E-state index in [1.807, 2.05) is 6.92 Å². The Kier molecular flexibility index (Phi) is 5.20. The zero-order valence-corrected chi connectivity index (χ0v) is 12.9. The molecule has 1 saturated heterocycles. The predicted octanol–water partition coefficient (Wildman–Crippen LogP) is 1.40. The lowest BCUT2D eigenvalue weighted by atomic mass is 9.86. The van der Waals surface area contributed by atoms with Crippen LogP contribution in [0.15, 0.2) is 0 Å². The van der Waals surface area contributed by atoms with Crippen LogP contribution in [0.2, 0.25) is 0 Å². The average molecular weight is 295 g/mol. The summed E-state index contributed by atoms with van der Waals surface area (Å²) in [6.45, 7) is 3.92. The lowest BCUT2D eigenvalue weighted by Gasteiger charge is -2.29. The molecule has 0 aromatic rings. The third-order valence-electron chi connectivity index (χ3n) is 4.44. The van der Waals surface area contributed by atoms with Crippen molar-refractivity contribution in [3.63, 3.8) is 0 Å². The Morgan fingerprint density at radius 3 is 2.71 bits per heavy atom. The van der Waals surface area contributed by atoms with Gasteiger partial charge in [-0.25, -0.2) is 4.79 Å². The van der Waals surface area contributed by atoms with E-state index < -0.39 is 12.1 Å². The van der Waals surface area contributed by atoms with Crippen molar-refractivity contribution in [2.45, 2.75) is 64.5 Å². The van der Waals surface area contributed by atoms with Crippen LogP contribution in [0.5, 0.6) is 0 Å². The maximum atomic E-state index is 12.1. The van der Waals surface area contributed by atoms with Crippen molar-refractivity contribution in [3.8, 4) is 0 Å². The Labute approximate surface area is 125 Å². The molecular weight excluding hydrogens is 270 g/mol. The Bertz CT molecular complexity index is 424. The van der Waals surface area contributed by atoms with Gasteiger partial charge in [0, 0.05) is 6.04 Å². The van der Waals surface area contributed by atoms with Gasteiger partial charge in [0.1, 0.15) is 12.6 Å². The van der Waals surface area contributed by atoms with Crippen molar-refractivity contribution in [2.24, 2.45) is 5.92 Å². The molecule has 0 bridgehead atoms. The minimum absolute atomic E-state index is 0.165. The van der Waals surface area contributed by atoms with Crippen molar-refractivity contribution in [2.75, 3.05) is 6.54 Å². The van der Waals surface area contributed by atoms with E-state index in [0.717, 1.165) is 30.6 Å². The molecule has 0 aromatic heterocycles. The molecule has 21 heavy (non-hydrogen) atoms. The SMILES string of the molecule is CCC[C@@H]1NC(=O)N(CC(=O)N[C@H]2CCCC[C@H]2C)C1=O. The molecular formula is C15H25N3O3. The minimum Gasteiger partial charge on any atom is -0.352 e. The molecule has 3 atom stereocenters. The third-order valence-corrected chi connectivity index (χ3v) is 4.44. The number of hydrogen-bond acceptors (Lipinski definition) is 3. The highest BCUT2D eigenvalue weighted by Crippen LogP contribution is 2.23. The van der Waals surface area contributed by atoms with Gasteiger partial charge >= 0.3 is 6.03 Å². The number of imide groups is 1. The van der Waals surface area contributed by atoms with Gasteiger partial charge in [0.15, 0.2) is 0 Å². The summed E-state index contributed by atoms with van der Waals surface area (Å²) in [4.78, 5) is 37.0. The van der Waals surface area contributed by atoms with Crippen LogP contribution in [0.25, 0.3) is 0 Å². The molecule has 2 fully saturated rings. The molecule has 6 nitrogen and oxygen atoms in total. The van der Waals surface area contributed by atoms with E-state index in [1.165, 1.54) is 6.42 Å². The normalized spacial score (nSPS) is 29.4. The molecule has 0 aromatic carbocycles. The first kappa shape index (κ1) is 15.8. The van der Waals surface area contributed by atoms with Crippen molar-refractivity contribution in [1.29, 1.82) is 0 Å². The quantitative estimate of drug-likeness (QED) is 0.753. The van der Waals surface area contributed by atoms with E-state index >= 15 is 0 Å². The summed E-state index contributed by atoms with van der Waals surface area (Å²) in [5.74, 6) is -0.0678. The van der Waals surface area contributed by atoms with E-state index in [4.69, 9.17) is 0 Å². The second kappa shape index (κ2) is 6.91. The van der Waals surface area contributed by atoms with Crippen LogP contribution in [-0.4, -0.2) is 41.4 Å². The van der Waals surface area contributed by atoms with Gasteiger partial charge < -0.3 is 10.6 Å². The standard InChI is InChI=1S/C15H25N3O3/c1-3-6-12-14(20)18(15(21)17-12)9-13(19)16-11-8-5-4-7-10(11)2/h10-12H,3-9H2,1-2H3,(H,16,19)(H,17,21)/t10-,11+,12+/m1/s1. The summed E-state index contributed by atoms with van der Waals surface area (Å²) >= 11 is 0. The number of amides is 4. The van der Waals surface area contributed by atoms with Crippen LogP contribution in [0.1, 0.15) is 52.4 Å². The average Bonchev–Trinajstić information content (AvgIpc) is 2.70. The van der Waals surface area contributed by atoms with Gasteiger partial charge in [0.25, 0.3) is 5.91 Å². The van der Waals surface area contributed by atoms with Crippen LogP contribution < -0.4 is 10.6 Å². The van der Waals surface area contributed by atoms with Crippen LogP contribution in [-0.2, 0) is 9.59 Å². The van der Waals surface area contributed by atoms with Crippen LogP contribution >= 0.6 is 0 Å². The topological polar surface area (TPSA) is 78.5 Å². The summed E-state index contributed by atoms with van der Waals surface area (Å²) in [5.41, 5.74) is 0. The molecule has 2 aliphatic rings. The fourth-order valence-electron chi connectivity index (χ4n) is 3.14. The number of carbonyl (C=O) groups is 3. The van der Waals surface area contributed by atoms with Crippen molar-refractivity contribution in [1.82, 2.24) is 15.5 Å². The van der Waals surface area contributed by atoms with Crippen LogP contribution in [0, 0.1) is 5.92 Å². The lowest BCUT2D eigenvalue weighted by molar-refractivity contribution is -0.132. The summed E-state index contributed by atoms with van der Waals surface area (Å²) in [6.07, 6.45) is 5.85. The predicted molar refractivity (Wildman–Crippen MR) is 78.5 cm³/mol. The molecule has 1 heterocycles. The summed E-state index contributed by atoms with van der Waals surface area (Å²) in [6, 6.07) is -0.757. The fourth-order valence-corrected chi connectivity index (χ4v) is 3.14. The smallest absolute Gasteiger partial charge is 0.325 e. The number of hydrogen-bond donors (Lipinski definition) is 2. The second-order valence-electron chi connectivity index (χ2n) is 6.15.